The fraction of sp³-hybridized carbons (Fsp3) is 0.391. The lowest BCUT2D eigenvalue weighted by molar-refractivity contribution is -0.142. The number of aliphatic hydroxyl groups excluding tert-OH is 1. The van der Waals surface area contributed by atoms with Gasteiger partial charge in [0.2, 0.25) is 23.6 Å². The Kier molecular flexibility index (Phi) is 10.7. The number of carbonyl (C=O) groups is 6. The topological polar surface area (TPSA) is 267 Å². The highest BCUT2D eigenvalue weighted by molar-refractivity contribution is 5.96. The van der Waals surface area contributed by atoms with Crippen molar-refractivity contribution in [3.8, 4) is 0 Å². The van der Waals surface area contributed by atoms with Gasteiger partial charge in [0.1, 0.15) is 24.2 Å². The van der Waals surface area contributed by atoms with Gasteiger partial charge in [-0.15, -0.1) is 0 Å². The molecule has 2 rings (SSSR count). The van der Waals surface area contributed by atoms with Crippen LogP contribution in [0.25, 0.3) is 10.9 Å². The lowest BCUT2D eigenvalue weighted by Gasteiger charge is -2.24. The molecule has 0 aliphatic rings. The number of aliphatic carboxylic acids is 2. The predicted molar refractivity (Wildman–Crippen MR) is 131 cm³/mol. The molecule has 1 heterocycles. The Bertz CT molecular complexity index is 1200. The first-order valence-corrected chi connectivity index (χ1v) is 11.5. The number of H-pyrrole nitrogens is 1. The molecule has 206 valence electrons. The van der Waals surface area contributed by atoms with E-state index in [1.165, 1.54) is 0 Å². The monoisotopic (exact) mass is 534 g/mol. The molecule has 11 N–H and O–H groups in total. The number of nitrogens with two attached hydrogens (primary N) is 2. The van der Waals surface area contributed by atoms with E-state index in [1.54, 1.807) is 30.5 Å². The lowest BCUT2D eigenvalue weighted by atomic mass is 10.0. The number of hydrogen-bond acceptors (Lipinski definition) is 8. The number of nitrogens with one attached hydrogen (secondary N) is 4. The van der Waals surface area contributed by atoms with Crippen molar-refractivity contribution in [1.82, 2.24) is 20.9 Å². The maximum absolute atomic E-state index is 12.9. The molecule has 0 spiro atoms. The van der Waals surface area contributed by atoms with Crippen LogP contribution in [0.4, 0.5) is 0 Å². The van der Waals surface area contributed by atoms with Gasteiger partial charge in [0.15, 0.2) is 0 Å². The van der Waals surface area contributed by atoms with Crippen LogP contribution < -0.4 is 27.4 Å². The quantitative estimate of drug-likeness (QED) is 0.114. The van der Waals surface area contributed by atoms with Crippen LogP contribution in [-0.4, -0.2) is 86.6 Å². The average Bonchev–Trinajstić information content (AvgIpc) is 3.27. The van der Waals surface area contributed by atoms with E-state index in [1.807, 2.05) is 0 Å². The van der Waals surface area contributed by atoms with E-state index < -0.39 is 85.6 Å². The number of carboxylic acid groups (broad SMARTS) is 2. The fourth-order valence-corrected chi connectivity index (χ4v) is 3.57. The Morgan fingerprint density at radius 1 is 0.895 bits per heavy atom. The van der Waals surface area contributed by atoms with E-state index in [2.05, 4.69) is 20.9 Å². The molecule has 0 fully saturated rings. The molecular weight excluding hydrogens is 504 g/mol. The van der Waals surface area contributed by atoms with Gasteiger partial charge >= 0.3 is 11.9 Å². The van der Waals surface area contributed by atoms with Crippen molar-refractivity contribution in [2.24, 2.45) is 11.5 Å². The van der Waals surface area contributed by atoms with Gasteiger partial charge < -0.3 is 47.7 Å². The minimum absolute atomic E-state index is 0.126. The Hall–Kier alpha value is -4.50. The molecule has 0 aliphatic heterocycles. The molecule has 4 unspecified atom stereocenters. The van der Waals surface area contributed by atoms with E-state index in [9.17, 15) is 33.9 Å². The van der Waals surface area contributed by atoms with Crippen molar-refractivity contribution in [2.45, 2.75) is 49.9 Å². The first-order valence-electron chi connectivity index (χ1n) is 11.5. The van der Waals surface area contributed by atoms with E-state index in [4.69, 9.17) is 21.7 Å². The maximum atomic E-state index is 12.9. The van der Waals surface area contributed by atoms with E-state index >= 15 is 0 Å². The van der Waals surface area contributed by atoms with E-state index in [0.717, 1.165) is 10.9 Å². The summed E-state index contributed by atoms with van der Waals surface area (Å²) >= 11 is 0. The molecular formula is C23H30N6O9. The lowest BCUT2D eigenvalue weighted by Crippen LogP contribution is -2.58. The highest BCUT2D eigenvalue weighted by Gasteiger charge is 2.31. The predicted octanol–water partition coefficient (Wildman–Crippen LogP) is -2.69. The third-order valence-corrected chi connectivity index (χ3v) is 5.57. The molecule has 0 saturated heterocycles. The molecule has 4 atom stereocenters. The summed E-state index contributed by atoms with van der Waals surface area (Å²) < 4.78 is 0. The molecule has 38 heavy (non-hydrogen) atoms. The van der Waals surface area contributed by atoms with Gasteiger partial charge in [-0.05, 0) is 18.1 Å². The summed E-state index contributed by atoms with van der Waals surface area (Å²) in [6.07, 6.45) is -0.201. The zero-order valence-corrected chi connectivity index (χ0v) is 20.2. The van der Waals surface area contributed by atoms with Crippen molar-refractivity contribution in [2.75, 3.05) is 6.61 Å². The van der Waals surface area contributed by atoms with Gasteiger partial charge in [-0.25, -0.2) is 4.79 Å². The zero-order chi connectivity index (χ0) is 28.4. The molecule has 15 heteroatoms. The molecule has 0 radical (unpaired) electrons. The second-order valence-electron chi connectivity index (χ2n) is 8.48. The Labute approximate surface area is 215 Å². The van der Waals surface area contributed by atoms with Crippen LogP contribution in [0, 0.1) is 0 Å². The summed E-state index contributed by atoms with van der Waals surface area (Å²) in [7, 11) is 0. The Morgan fingerprint density at radius 3 is 2.11 bits per heavy atom. The van der Waals surface area contributed by atoms with Gasteiger partial charge in [-0.2, -0.15) is 0 Å². The van der Waals surface area contributed by atoms with Gasteiger partial charge in [-0.3, -0.25) is 24.0 Å². The fourth-order valence-electron chi connectivity index (χ4n) is 3.57. The smallest absolute Gasteiger partial charge is 0.326 e. The van der Waals surface area contributed by atoms with E-state index in [0.29, 0.717) is 5.56 Å². The third-order valence-electron chi connectivity index (χ3n) is 5.57. The highest BCUT2D eigenvalue weighted by atomic mass is 16.4. The van der Waals surface area contributed by atoms with Crippen molar-refractivity contribution in [3.63, 3.8) is 0 Å². The van der Waals surface area contributed by atoms with Crippen molar-refractivity contribution in [3.05, 3.63) is 36.0 Å². The van der Waals surface area contributed by atoms with E-state index in [-0.39, 0.29) is 6.42 Å². The van der Waals surface area contributed by atoms with Gasteiger partial charge in [-0.1, -0.05) is 18.2 Å². The standard InChI is InChI=1S/C23H30N6O9/c24-13(10-30)20(34)27-15(5-6-19(32)33)21(35)28-16(8-18(25)31)22(36)29-17(23(37)38)7-11-9-26-14-4-2-1-3-12(11)14/h1-4,9,13,15-17,26,30H,5-8,10,24H2,(H2,25,31)(H,27,34)(H,28,35)(H,29,36)(H,32,33)(H,37,38). The summed E-state index contributed by atoms with van der Waals surface area (Å²) in [5, 5.41) is 35.1. The number of rotatable bonds is 15. The van der Waals surface area contributed by atoms with Crippen LogP contribution in [0.1, 0.15) is 24.8 Å². The molecule has 1 aromatic carbocycles. The van der Waals surface area contributed by atoms with Crippen LogP contribution >= 0.6 is 0 Å². The first-order chi connectivity index (χ1) is 17.9. The summed E-state index contributed by atoms with van der Waals surface area (Å²) in [4.78, 5) is 75.3. The number of fused-ring (bicyclic) bond motifs is 1. The number of para-hydroxylation sites is 1. The highest BCUT2D eigenvalue weighted by Crippen LogP contribution is 2.19. The van der Waals surface area contributed by atoms with Crippen LogP contribution in [0.2, 0.25) is 0 Å². The number of aromatic amines is 1. The van der Waals surface area contributed by atoms with Crippen molar-refractivity contribution >= 4 is 46.5 Å². The van der Waals surface area contributed by atoms with Gasteiger partial charge in [0.05, 0.1) is 13.0 Å². The zero-order valence-electron chi connectivity index (χ0n) is 20.2. The number of benzene rings is 1. The third kappa shape index (κ3) is 8.56. The van der Waals surface area contributed by atoms with Crippen molar-refractivity contribution < 1.29 is 44.1 Å². The Morgan fingerprint density at radius 2 is 1.50 bits per heavy atom. The number of carboxylic acids is 2. The summed E-state index contributed by atoms with van der Waals surface area (Å²) in [6, 6.07) is 1.13. The number of amides is 4. The number of primary amides is 1. The van der Waals surface area contributed by atoms with Gasteiger partial charge in [0, 0.05) is 29.9 Å². The normalized spacial score (nSPS) is 14.1. The number of hydrogen-bond donors (Lipinski definition) is 9. The van der Waals surface area contributed by atoms with Crippen LogP contribution in [0.5, 0.6) is 0 Å². The minimum Gasteiger partial charge on any atom is -0.481 e. The summed E-state index contributed by atoms with van der Waals surface area (Å²) in [5.74, 6) is -6.70. The molecule has 15 nitrogen and oxygen atoms in total. The number of aliphatic hydroxyl groups is 1. The van der Waals surface area contributed by atoms with Crippen LogP contribution in [-0.2, 0) is 35.2 Å². The summed E-state index contributed by atoms with van der Waals surface area (Å²) in [5.41, 5.74) is 12.0. The van der Waals surface area contributed by atoms with Crippen molar-refractivity contribution in [1.29, 1.82) is 0 Å². The molecule has 4 amide bonds. The molecule has 0 bridgehead atoms. The number of carbonyl (C=O) groups excluding carboxylic acids is 4. The second-order valence-corrected chi connectivity index (χ2v) is 8.48. The molecule has 1 aromatic heterocycles. The molecule has 0 aliphatic carbocycles. The maximum Gasteiger partial charge on any atom is 0.326 e. The molecule has 2 aromatic rings. The van der Waals surface area contributed by atoms with Crippen LogP contribution in [0.3, 0.4) is 0 Å². The van der Waals surface area contributed by atoms with Crippen LogP contribution in [0.15, 0.2) is 30.5 Å². The first kappa shape index (κ1) is 29.7. The Balaban J connectivity index is 2.19. The number of aromatic nitrogens is 1. The SMILES string of the molecule is NC(=O)CC(NC(=O)C(CCC(=O)O)NC(=O)C(N)CO)C(=O)NC(Cc1c[nH]c2ccccc12)C(=O)O. The minimum atomic E-state index is -1.64. The largest absolute Gasteiger partial charge is 0.481 e. The average molecular weight is 535 g/mol. The second kappa shape index (κ2) is 13.7. The molecule has 0 saturated carbocycles. The summed E-state index contributed by atoms with van der Waals surface area (Å²) in [6.45, 7) is -0.751. The van der Waals surface area contributed by atoms with Gasteiger partial charge in [0.25, 0.3) is 0 Å².